The maximum Gasteiger partial charge on any atom is 0.120 e. The third-order valence-corrected chi connectivity index (χ3v) is 4.53. The molecule has 0 heterocycles. The monoisotopic (exact) mass is 282 g/mol. The minimum atomic E-state index is 0.174. The highest BCUT2D eigenvalue weighted by atomic mass is 35.5. The molecule has 2 unspecified atom stereocenters. The van der Waals surface area contributed by atoms with Gasteiger partial charge in [0.25, 0.3) is 0 Å². The molecule has 3 heteroatoms. The van der Waals surface area contributed by atoms with Crippen LogP contribution in [0.5, 0.6) is 0 Å². The van der Waals surface area contributed by atoms with E-state index in [-0.39, 0.29) is 5.41 Å². The summed E-state index contributed by atoms with van der Waals surface area (Å²) in [5, 5.41) is 1.44. The van der Waals surface area contributed by atoms with Crippen molar-refractivity contribution >= 4 is 34.5 Å². The van der Waals surface area contributed by atoms with Crippen molar-refractivity contribution in [2.75, 3.05) is 0 Å². The van der Waals surface area contributed by atoms with E-state index in [1.165, 1.54) is 0 Å². The third kappa shape index (κ3) is 2.62. The van der Waals surface area contributed by atoms with Crippen LogP contribution < -0.4 is 0 Å². The average Bonchev–Trinajstić information content (AvgIpc) is 2.82. The van der Waals surface area contributed by atoms with Gasteiger partial charge in [-0.3, -0.25) is 0 Å². The first-order valence-electron chi connectivity index (χ1n) is 6.03. The van der Waals surface area contributed by atoms with E-state index in [1.807, 2.05) is 24.3 Å². The fraction of sp³-hybridized carbons (Fsp3) is 0.400. The predicted molar refractivity (Wildman–Crippen MR) is 76.7 cm³/mol. The van der Waals surface area contributed by atoms with Crippen LogP contribution in [0.25, 0.3) is 5.03 Å². The summed E-state index contributed by atoms with van der Waals surface area (Å²) in [7, 11) is 0. The molecule has 1 nitrogen and oxygen atoms in total. The zero-order valence-corrected chi connectivity index (χ0v) is 12.0. The quantitative estimate of drug-likeness (QED) is 0.727. The number of carbonyl (C=O) groups is 1. The molecule has 0 aromatic heterocycles. The van der Waals surface area contributed by atoms with Gasteiger partial charge in [0.15, 0.2) is 0 Å². The van der Waals surface area contributed by atoms with Crippen LogP contribution in [0.2, 0.25) is 5.02 Å². The molecule has 18 heavy (non-hydrogen) atoms. The van der Waals surface area contributed by atoms with Crippen molar-refractivity contribution in [2.45, 2.75) is 20.3 Å². The number of aldehydes is 1. The molecule has 1 aliphatic carbocycles. The van der Waals surface area contributed by atoms with Gasteiger partial charge in [-0.1, -0.05) is 55.3 Å². The SMILES string of the molecule is CC1(C)C(C=C(Cl)c2ccc(Cl)cc2)C1CC=O. The number of hydrogen-bond acceptors (Lipinski definition) is 1. The lowest BCUT2D eigenvalue weighted by Crippen LogP contribution is -1.90. The normalized spacial score (nSPS) is 25.9. The van der Waals surface area contributed by atoms with E-state index in [4.69, 9.17) is 23.2 Å². The first-order chi connectivity index (χ1) is 8.46. The Bertz CT molecular complexity index is 474. The molecular weight excluding hydrogens is 267 g/mol. The molecule has 2 rings (SSSR count). The Morgan fingerprint density at radius 3 is 2.50 bits per heavy atom. The van der Waals surface area contributed by atoms with Crippen molar-refractivity contribution in [3.05, 3.63) is 40.9 Å². The van der Waals surface area contributed by atoms with Gasteiger partial charge in [0.1, 0.15) is 6.29 Å². The lowest BCUT2D eigenvalue weighted by atomic mass is 10.1. The van der Waals surface area contributed by atoms with Gasteiger partial charge >= 0.3 is 0 Å². The Hall–Kier alpha value is -0.790. The third-order valence-electron chi connectivity index (χ3n) is 3.94. The van der Waals surface area contributed by atoms with E-state index in [0.717, 1.165) is 16.9 Å². The number of hydrogen-bond donors (Lipinski definition) is 0. The fourth-order valence-corrected chi connectivity index (χ4v) is 2.92. The van der Waals surface area contributed by atoms with Crippen LogP contribution in [0, 0.1) is 17.3 Å². The highest BCUT2D eigenvalue weighted by molar-refractivity contribution is 6.48. The Kier molecular flexibility index (Phi) is 3.84. The Morgan fingerprint density at radius 2 is 1.94 bits per heavy atom. The van der Waals surface area contributed by atoms with E-state index in [9.17, 15) is 4.79 Å². The van der Waals surface area contributed by atoms with Crippen molar-refractivity contribution in [3.8, 4) is 0 Å². The highest BCUT2D eigenvalue weighted by Gasteiger charge is 2.55. The molecule has 0 spiro atoms. The van der Waals surface area contributed by atoms with Gasteiger partial charge in [0.05, 0.1) is 0 Å². The molecule has 0 aliphatic heterocycles. The van der Waals surface area contributed by atoms with Crippen LogP contribution >= 0.6 is 23.2 Å². The molecule has 0 N–H and O–H groups in total. The van der Waals surface area contributed by atoms with Crippen molar-refractivity contribution in [2.24, 2.45) is 17.3 Å². The van der Waals surface area contributed by atoms with Crippen LogP contribution in [0.4, 0.5) is 0 Å². The van der Waals surface area contributed by atoms with Gasteiger partial charge in [-0.15, -0.1) is 0 Å². The minimum Gasteiger partial charge on any atom is -0.303 e. The topological polar surface area (TPSA) is 17.1 Å². The molecular formula is C15H16Cl2O. The summed E-state index contributed by atoms with van der Waals surface area (Å²) < 4.78 is 0. The molecule has 0 bridgehead atoms. The standard InChI is InChI=1S/C15H16Cl2O/c1-15(2)12(7-8-18)13(15)9-14(17)10-3-5-11(16)6-4-10/h3-6,8-9,12-13H,7H2,1-2H3. The van der Waals surface area contributed by atoms with Crippen LogP contribution in [-0.2, 0) is 4.79 Å². The summed E-state index contributed by atoms with van der Waals surface area (Å²) in [6.07, 6.45) is 3.67. The largest absolute Gasteiger partial charge is 0.303 e. The predicted octanol–water partition coefficient (Wildman–Crippen LogP) is 4.78. The lowest BCUT2D eigenvalue weighted by molar-refractivity contribution is -0.108. The zero-order chi connectivity index (χ0) is 13.3. The maximum absolute atomic E-state index is 10.6. The van der Waals surface area contributed by atoms with E-state index in [2.05, 4.69) is 19.9 Å². The molecule has 1 aromatic rings. The second-order valence-corrected chi connectivity index (χ2v) is 6.22. The van der Waals surface area contributed by atoms with Crippen LogP contribution in [-0.4, -0.2) is 6.29 Å². The van der Waals surface area contributed by atoms with Gasteiger partial charge in [0.2, 0.25) is 0 Å². The van der Waals surface area contributed by atoms with Crippen molar-refractivity contribution < 1.29 is 4.79 Å². The van der Waals surface area contributed by atoms with Gasteiger partial charge in [0, 0.05) is 16.5 Å². The van der Waals surface area contributed by atoms with Gasteiger partial charge in [-0.05, 0) is 34.9 Å². The first kappa shape index (κ1) is 13.6. The Morgan fingerprint density at radius 1 is 1.33 bits per heavy atom. The fourth-order valence-electron chi connectivity index (χ4n) is 2.53. The van der Waals surface area contributed by atoms with Gasteiger partial charge in [-0.25, -0.2) is 0 Å². The number of carbonyl (C=O) groups excluding carboxylic acids is 1. The maximum atomic E-state index is 10.6. The second kappa shape index (κ2) is 5.07. The Balaban J connectivity index is 2.14. The summed E-state index contributed by atoms with van der Waals surface area (Å²) in [6, 6.07) is 7.47. The number of halogens is 2. The van der Waals surface area contributed by atoms with E-state index >= 15 is 0 Å². The molecule has 96 valence electrons. The van der Waals surface area contributed by atoms with Crippen molar-refractivity contribution in [1.29, 1.82) is 0 Å². The zero-order valence-electron chi connectivity index (χ0n) is 10.5. The van der Waals surface area contributed by atoms with Crippen LogP contribution in [0.15, 0.2) is 30.3 Å². The average molecular weight is 283 g/mol. The molecule has 0 radical (unpaired) electrons. The van der Waals surface area contributed by atoms with Crippen LogP contribution in [0.3, 0.4) is 0 Å². The van der Waals surface area contributed by atoms with Crippen molar-refractivity contribution in [1.82, 2.24) is 0 Å². The summed E-state index contributed by atoms with van der Waals surface area (Å²) in [5.41, 5.74) is 1.14. The summed E-state index contributed by atoms with van der Waals surface area (Å²) in [4.78, 5) is 10.6. The summed E-state index contributed by atoms with van der Waals surface area (Å²) >= 11 is 12.2. The molecule has 0 amide bonds. The van der Waals surface area contributed by atoms with E-state index < -0.39 is 0 Å². The van der Waals surface area contributed by atoms with Crippen molar-refractivity contribution in [3.63, 3.8) is 0 Å². The molecule has 1 saturated carbocycles. The first-order valence-corrected chi connectivity index (χ1v) is 6.79. The summed E-state index contributed by atoms with van der Waals surface area (Å²) in [5.74, 6) is 0.793. The second-order valence-electron chi connectivity index (χ2n) is 5.38. The molecule has 1 aromatic carbocycles. The molecule has 0 saturated heterocycles. The van der Waals surface area contributed by atoms with Gasteiger partial charge < -0.3 is 4.79 Å². The minimum absolute atomic E-state index is 0.174. The molecule has 1 aliphatic rings. The summed E-state index contributed by atoms with van der Waals surface area (Å²) in [6.45, 7) is 4.35. The number of benzene rings is 1. The number of rotatable bonds is 4. The van der Waals surface area contributed by atoms with E-state index in [1.54, 1.807) is 0 Å². The smallest absolute Gasteiger partial charge is 0.120 e. The van der Waals surface area contributed by atoms with Crippen LogP contribution in [0.1, 0.15) is 25.8 Å². The van der Waals surface area contributed by atoms with Gasteiger partial charge in [-0.2, -0.15) is 0 Å². The molecule has 2 atom stereocenters. The molecule has 1 fully saturated rings. The number of allylic oxidation sites excluding steroid dienone is 1. The van der Waals surface area contributed by atoms with E-state index in [0.29, 0.717) is 23.3 Å². The Labute approximate surface area is 118 Å². The lowest BCUT2D eigenvalue weighted by Gasteiger charge is -2.01. The highest BCUT2D eigenvalue weighted by Crippen LogP contribution is 2.61.